The van der Waals surface area contributed by atoms with Crippen molar-refractivity contribution in [3.8, 4) is 0 Å². The molecule has 0 radical (unpaired) electrons. The van der Waals surface area contributed by atoms with Gasteiger partial charge >= 0.3 is 11.9 Å². The molecule has 0 spiro atoms. The Morgan fingerprint density at radius 2 is 1.70 bits per heavy atom. The molecule has 44 heavy (non-hydrogen) atoms. The molecule has 10 heteroatoms. The summed E-state index contributed by atoms with van der Waals surface area (Å²) in [6.45, 7) is 0.519. The average Bonchev–Trinajstić information content (AvgIpc) is 3.59. The lowest BCUT2D eigenvalue weighted by molar-refractivity contribution is -0.252. The summed E-state index contributed by atoms with van der Waals surface area (Å²) in [6, 6.07) is 27.1. The van der Waals surface area contributed by atoms with E-state index in [0.717, 1.165) is 22.2 Å². The molecule has 1 amide bonds. The second-order valence-corrected chi connectivity index (χ2v) is 10.8. The van der Waals surface area contributed by atoms with E-state index in [1.54, 1.807) is 18.2 Å². The van der Waals surface area contributed by atoms with Crippen molar-refractivity contribution in [3.63, 3.8) is 0 Å². The first-order chi connectivity index (χ1) is 21.4. The van der Waals surface area contributed by atoms with Crippen molar-refractivity contribution < 1.29 is 33.7 Å². The van der Waals surface area contributed by atoms with Gasteiger partial charge in [0, 0.05) is 23.2 Å². The van der Waals surface area contributed by atoms with E-state index in [4.69, 9.17) is 9.47 Å². The molecular weight excluding hydrogens is 562 g/mol. The van der Waals surface area contributed by atoms with Crippen molar-refractivity contribution in [1.29, 1.82) is 0 Å². The number of aliphatic hydroxyl groups is 1. The van der Waals surface area contributed by atoms with Crippen LogP contribution >= 0.6 is 0 Å². The van der Waals surface area contributed by atoms with Crippen LogP contribution in [0.15, 0.2) is 97.3 Å². The van der Waals surface area contributed by atoms with Gasteiger partial charge in [-0.3, -0.25) is 4.79 Å². The molecule has 1 unspecified atom stereocenters. The number of fused-ring (bicyclic) bond motifs is 2. The molecule has 10 nitrogen and oxygen atoms in total. The van der Waals surface area contributed by atoms with Gasteiger partial charge in [-0.15, -0.1) is 0 Å². The predicted molar refractivity (Wildman–Crippen MR) is 159 cm³/mol. The summed E-state index contributed by atoms with van der Waals surface area (Å²) in [7, 11) is 0. The maximum atomic E-state index is 13.1. The quantitative estimate of drug-likeness (QED) is 0.192. The number of aromatic nitrogens is 2. The Kier molecular flexibility index (Phi) is 7.23. The first-order valence-electron chi connectivity index (χ1n) is 14.2. The number of imidazole rings is 1. The van der Waals surface area contributed by atoms with E-state index in [1.807, 2.05) is 60.9 Å². The SMILES string of the molecule is O=C(Nc1cccc(C2O[C@H](Cn3cnc4ccccc43)C[C@H](c3ccc(CO)cc3)O2)c1)c1ccc2c(c1)C(=O)OC2=O. The van der Waals surface area contributed by atoms with Gasteiger partial charge < -0.3 is 29.2 Å². The number of carbonyl (C=O) groups excluding carboxylic acids is 3. The van der Waals surface area contributed by atoms with Crippen LogP contribution in [0.25, 0.3) is 11.0 Å². The molecule has 2 aliphatic rings. The fraction of sp³-hybridized carbons (Fsp3) is 0.176. The average molecular weight is 590 g/mol. The molecule has 3 atom stereocenters. The van der Waals surface area contributed by atoms with Crippen molar-refractivity contribution >= 4 is 34.6 Å². The molecule has 0 bridgehead atoms. The highest BCUT2D eigenvalue weighted by atomic mass is 16.7. The number of benzene rings is 4. The number of aliphatic hydroxyl groups excluding tert-OH is 1. The third-order valence-corrected chi connectivity index (χ3v) is 7.87. The highest BCUT2D eigenvalue weighted by Crippen LogP contribution is 2.39. The third-order valence-electron chi connectivity index (χ3n) is 7.87. The second-order valence-electron chi connectivity index (χ2n) is 10.8. The topological polar surface area (TPSA) is 129 Å². The highest BCUT2D eigenvalue weighted by Gasteiger charge is 2.33. The molecule has 1 fully saturated rings. The van der Waals surface area contributed by atoms with Gasteiger partial charge in [-0.05, 0) is 53.6 Å². The van der Waals surface area contributed by atoms with E-state index >= 15 is 0 Å². The van der Waals surface area contributed by atoms with Crippen LogP contribution < -0.4 is 5.32 Å². The van der Waals surface area contributed by atoms with Crippen LogP contribution in [-0.4, -0.2) is 38.6 Å². The number of cyclic esters (lactones) is 2. The monoisotopic (exact) mass is 589 g/mol. The largest absolute Gasteiger partial charge is 0.392 e. The number of nitrogens with one attached hydrogen (secondary N) is 1. The van der Waals surface area contributed by atoms with Gasteiger partial charge in [0.25, 0.3) is 5.91 Å². The Bertz CT molecular complexity index is 1900. The molecule has 2 aliphatic heterocycles. The molecule has 2 N–H and O–H groups in total. The van der Waals surface area contributed by atoms with Gasteiger partial charge in [0.15, 0.2) is 6.29 Å². The van der Waals surface area contributed by atoms with Crippen molar-refractivity contribution in [1.82, 2.24) is 9.55 Å². The zero-order chi connectivity index (χ0) is 30.2. The van der Waals surface area contributed by atoms with E-state index in [0.29, 0.717) is 24.2 Å². The number of hydrogen-bond acceptors (Lipinski definition) is 8. The first-order valence-corrected chi connectivity index (χ1v) is 14.2. The summed E-state index contributed by atoms with van der Waals surface area (Å²) in [4.78, 5) is 41.3. The summed E-state index contributed by atoms with van der Waals surface area (Å²) in [6.07, 6.45) is 1.17. The van der Waals surface area contributed by atoms with Gasteiger partial charge in [0.1, 0.15) is 0 Å². The number of esters is 2. The molecule has 3 heterocycles. The molecular formula is C34H27N3O7. The molecule has 1 saturated heterocycles. The smallest absolute Gasteiger partial charge is 0.346 e. The zero-order valence-electron chi connectivity index (χ0n) is 23.4. The van der Waals surface area contributed by atoms with Crippen molar-refractivity contribution in [2.24, 2.45) is 0 Å². The van der Waals surface area contributed by atoms with Crippen LogP contribution in [0.5, 0.6) is 0 Å². The van der Waals surface area contributed by atoms with E-state index in [-0.39, 0.29) is 35.5 Å². The van der Waals surface area contributed by atoms with E-state index in [2.05, 4.69) is 19.6 Å². The van der Waals surface area contributed by atoms with Crippen LogP contribution in [0.2, 0.25) is 0 Å². The van der Waals surface area contributed by atoms with E-state index in [1.165, 1.54) is 18.2 Å². The lowest BCUT2D eigenvalue weighted by Crippen LogP contribution is -2.32. The van der Waals surface area contributed by atoms with Crippen LogP contribution in [-0.2, 0) is 27.4 Å². The molecule has 1 aromatic heterocycles. The molecule has 0 saturated carbocycles. The summed E-state index contributed by atoms with van der Waals surface area (Å²) >= 11 is 0. The van der Waals surface area contributed by atoms with Crippen molar-refractivity contribution in [2.75, 3.05) is 5.32 Å². The predicted octanol–water partition coefficient (Wildman–Crippen LogP) is 5.34. The van der Waals surface area contributed by atoms with Gasteiger partial charge in [-0.25, -0.2) is 14.6 Å². The van der Waals surface area contributed by atoms with Crippen LogP contribution in [0, 0.1) is 0 Å². The normalized spacial score (nSPS) is 19.5. The number of ether oxygens (including phenoxy) is 3. The summed E-state index contributed by atoms with van der Waals surface area (Å²) in [5.74, 6) is -1.94. The minimum Gasteiger partial charge on any atom is -0.392 e. The molecule has 7 rings (SSSR count). The maximum absolute atomic E-state index is 13.1. The molecule has 5 aromatic rings. The number of rotatable bonds is 7. The van der Waals surface area contributed by atoms with Gasteiger partial charge in [0.05, 0.1) is 53.8 Å². The summed E-state index contributed by atoms with van der Waals surface area (Å²) in [5, 5.41) is 12.4. The highest BCUT2D eigenvalue weighted by molar-refractivity contribution is 6.16. The maximum Gasteiger partial charge on any atom is 0.346 e. The van der Waals surface area contributed by atoms with Crippen molar-refractivity contribution in [2.45, 2.75) is 38.1 Å². The fourth-order valence-corrected chi connectivity index (χ4v) is 5.60. The number of nitrogens with zero attached hydrogens (tertiary/aromatic N) is 2. The molecule has 0 aliphatic carbocycles. The Hall–Kier alpha value is -5.16. The van der Waals surface area contributed by atoms with Gasteiger partial charge in [0.2, 0.25) is 0 Å². The molecule has 220 valence electrons. The Morgan fingerprint density at radius 3 is 2.55 bits per heavy atom. The Morgan fingerprint density at radius 1 is 0.886 bits per heavy atom. The number of hydrogen-bond donors (Lipinski definition) is 2. The van der Waals surface area contributed by atoms with Gasteiger partial charge in [-0.1, -0.05) is 48.5 Å². The van der Waals surface area contributed by atoms with E-state index in [9.17, 15) is 19.5 Å². The molecule has 4 aromatic carbocycles. The Labute approximate surface area is 251 Å². The summed E-state index contributed by atoms with van der Waals surface area (Å²) in [5.41, 5.74) is 5.33. The third kappa shape index (κ3) is 5.37. The summed E-state index contributed by atoms with van der Waals surface area (Å²) < 4.78 is 19.7. The van der Waals surface area contributed by atoms with E-state index < -0.39 is 24.1 Å². The number of para-hydroxylation sites is 2. The zero-order valence-corrected chi connectivity index (χ0v) is 23.4. The number of amides is 1. The van der Waals surface area contributed by atoms with Crippen LogP contribution in [0.1, 0.15) is 66.6 Å². The minimum absolute atomic E-state index is 0.0416. The lowest BCUT2D eigenvalue weighted by atomic mass is 10.00. The number of anilines is 1. The second kappa shape index (κ2) is 11.5. The van der Waals surface area contributed by atoms with Crippen LogP contribution in [0.4, 0.5) is 5.69 Å². The first kappa shape index (κ1) is 27.7. The van der Waals surface area contributed by atoms with Crippen molar-refractivity contribution in [3.05, 3.63) is 131 Å². The number of carbonyl (C=O) groups is 3. The Balaban J connectivity index is 1.14. The van der Waals surface area contributed by atoms with Crippen LogP contribution in [0.3, 0.4) is 0 Å². The minimum atomic E-state index is -0.771. The lowest BCUT2D eigenvalue weighted by Gasteiger charge is -2.36. The fourth-order valence-electron chi connectivity index (χ4n) is 5.60. The van der Waals surface area contributed by atoms with Gasteiger partial charge in [-0.2, -0.15) is 0 Å². The standard InChI is InChI=1S/C34H27N3O7/c38-18-20-8-10-21(11-9-20)30-16-25(17-37-19-35-28-6-1-2-7-29(28)37)42-34(43-30)23-4-3-5-24(14-23)36-31(39)22-12-13-26-27(15-22)33(41)44-32(26)40/h1-15,19,25,30,34,38H,16-18H2,(H,36,39)/t25-,30+,34?/m0/s1.